The van der Waals surface area contributed by atoms with Crippen LogP contribution in [0, 0.1) is 5.82 Å². The molecule has 0 radical (unpaired) electrons. The molecule has 1 aliphatic heterocycles. The second-order valence-electron chi connectivity index (χ2n) is 3.97. The van der Waals surface area contributed by atoms with E-state index < -0.39 is 0 Å². The van der Waals surface area contributed by atoms with E-state index in [0.717, 1.165) is 24.1 Å². The molecule has 1 fully saturated rings. The standard InChI is InChI=1S/C12H15BrFNO/c13-10-3-4-12(11(14)9-10)16-8-7-15-5-1-2-6-15/h3-4,9H,1-2,5-8H2. The highest BCUT2D eigenvalue weighted by atomic mass is 79.9. The van der Waals surface area contributed by atoms with Gasteiger partial charge in [0.05, 0.1) is 0 Å². The van der Waals surface area contributed by atoms with Crippen LogP contribution in [0.1, 0.15) is 12.8 Å². The highest BCUT2D eigenvalue weighted by Crippen LogP contribution is 2.21. The molecule has 0 aromatic heterocycles. The molecular weight excluding hydrogens is 273 g/mol. The van der Waals surface area contributed by atoms with Gasteiger partial charge in [-0.05, 0) is 44.1 Å². The summed E-state index contributed by atoms with van der Waals surface area (Å²) < 4.78 is 19.5. The predicted octanol–water partition coefficient (Wildman–Crippen LogP) is 3.06. The summed E-state index contributed by atoms with van der Waals surface area (Å²) in [6, 6.07) is 4.86. The molecule has 0 aliphatic carbocycles. The zero-order chi connectivity index (χ0) is 11.4. The van der Waals surface area contributed by atoms with Gasteiger partial charge in [-0.2, -0.15) is 0 Å². The third kappa shape index (κ3) is 3.19. The summed E-state index contributed by atoms with van der Waals surface area (Å²) in [4.78, 5) is 2.34. The lowest BCUT2D eigenvalue weighted by atomic mass is 10.3. The SMILES string of the molecule is Fc1cc(Br)ccc1OCCN1CCCC1. The Bertz CT molecular complexity index is 353. The predicted molar refractivity (Wildman–Crippen MR) is 65.3 cm³/mol. The molecule has 1 aliphatic rings. The lowest BCUT2D eigenvalue weighted by Crippen LogP contribution is -2.25. The number of rotatable bonds is 4. The second kappa shape index (κ2) is 5.64. The highest BCUT2D eigenvalue weighted by Gasteiger charge is 2.11. The van der Waals surface area contributed by atoms with Crippen molar-refractivity contribution in [1.29, 1.82) is 0 Å². The van der Waals surface area contributed by atoms with Crippen LogP contribution >= 0.6 is 15.9 Å². The third-order valence-corrected chi connectivity index (χ3v) is 3.25. The van der Waals surface area contributed by atoms with Crippen LogP contribution in [0.2, 0.25) is 0 Å². The van der Waals surface area contributed by atoms with Gasteiger partial charge in [-0.25, -0.2) is 4.39 Å². The molecule has 16 heavy (non-hydrogen) atoms. The van der Waals surface area contributed by atoms with Gasteiger partial charge in [0.2, 0.25) is 0 Å². The summed E-state index contributed by atoms with van der Waals surface area (Å²) in [6.07, 6.45) is 2.54. The molecule has 1 aromatic rings. The van der Waals surface area contributed by atoms with Crippen LogP contribution in [-0.4, -0.2) is 31.1 Å². The van der Waals surface area contributed by atoms with Crippen LogP contribution in [-0.2, 0) is 0 Å². The molecule has 2 rings (SSSR count). The minimum atomic E-state index is -0.309. The number of nitrogens with zero attached hydrogens (tertiary/aromatic N) is 1. The van der Waals surface area contributed by atoms with Crippen LogP contribution in [0.25, 0.3) is 0 Å². The number of ether oxygens (including phenoxy) is 1. The van der Waals surface area contributed by atoms with Crippen molar-refractivity contribution >= 4 is 15.9 Å². The summed E-state index contributed by atoms with van der Waals surface area (Å²) in [5.74, 6) is 0.0261. The normalized spacial score (nSPS) is 16.6. The Hall–Kier alpha value is -0.610. The maximum Gasteiger partial charge on any atom is 0.166 e. The van der Waals surface area contributed by atoms with Gasteiger partial charge in [0.25, 0.3) is 0 Å². The lowest BCUT2D eigenvalue weighted by Gasteiger charge is -2.15. The van der Waals surface area contributed by atoms with Gasteiger partial charge in [0, 0.05) is 11.0 Å². The number of hydrogen-bond donors (Lipinski definition) is 0. The van der Waals surface area contributed by atoms with Gasteiger partial charge in [0.15, 0.2) is 11.6 Å². The van der Waals surface area contributed by atoms with E-state index in [1.54, 1.807) is 12.1 Å². The first-order chi connectivity index (χ1) is 7.75. The molecule has 2 nitrogen and oxygen atoms in total. The fourth-order valence-corrected chi connectivity index (χ4v) is 2.22. The first-order valence-electron chi connectivity index (χ1n) is 5.56. The molecular formula is C12H15BrFNO. The average Bonchev–Trinajstić information content (AvgIpc) is 2.74. The molecule has 0 amide bonds. The van der Waals surface area contributed by atoms with Crippen molar-refractivity contribution in [2.45, 2.75) is 12.8 Å². The molecule has 1 heterocycles. The van der Waals surface area contributed by atoms with Gasteiger partial charge in [-0.15, -0.1) is 0 Å². The van der Waals surface area contributed by atoms with Crippen molar-refractivity contribution < 1.29 is 9.13 Å². The van der Waals surface area contributed by atoms with Crippen LogP contribution in [0.5, 0.6) is 5.75 Å². The van der Waals surface area contributed by atoms with Crippen molar-refractivity contribution in [3.63, 3.8) is 0 Å². The fraction of sp³-hybridized carbons (Fsp3) is 0.500. The molecule has 4 heteroatoms. The van der Waals surface area contributed by atoms with Crippen LogP contribution < -0.4 is 4.74 Å². The molecule has 0 atom stereocenters. The van der Waals surface area contributed by atoms with Gasteiger partial charge in [-0.3, -0.25) is 4.90 Å². The fourth-order valence-electron chi connectivity index (χ4n) is 1.88. The van der Waals surface area contributed by atoms with Crippen molar-refractivity contribution in [3.05, 3.63) is 28.5 Å². The van der Waals surface area contributed by atoms with Crippen molar-refractivity contribution in [1.82, 2.24) is 4.90 Å². The molecule has 1 saturated heterocycles. The smallest absolute Gasteiger partial charge is 0.166 e. The minimum Gasteiger partial charge on any atom is -0.489 e. The van der Waals surface area contributed by atoms with E-state index >= 15 is 0 Å². The van der Waals surface area contributed by atoms with E-state index in [9.17, 15) is 4.39 Å². The summed E-state index contributed by atoms with van der Waals surface area (Å²) in [5.41, 5.74) is 0. The van der Waals surface area contributed by atoms with Gasteiger partial charge in [0.1, 0.15) is 6.61 Å². The lowest BCUT2D eigenvalue weighted by molar-refractivity contribution is 0.231. The zero-order valence-electron chi connectivity index (χ0n) is 9.09. The van der Waals surface area contributed by atoms with E-state index in [1.165, 1.54) is 18.9 Å². The molecule has 0 spiro atoms. The summed E-state index contributed by atoms with van der Waals surface area (Å²) in [7, 11) is 0. The van der Waals surface area contributed by atoms with E-state index in [0.29, 0.717) is 12.4 Å². The Morgan fingerprint density at radius 1 is 1.31 bits per heavy atom. The zero-order valence-corrected chi connectivity index (χ0v) is 10.7. The average molecular weight is 288 g/mol. The van der Waals surface area contributed by atoms with Crippen LogP contribution in [0.4, 0.5) is 4.39 Å². The topological polar surface area (TPSA) is 12.5 Å². The van der Waals surface area contributed by atoms with Gasteiger partial charge < -0.3 is 4.74 Å². The van der Waals surface area contributed by atoms with E-state index in [2.05, 4.69) is 20.8 Å². The minimum absolute atomic E-state index is 0.309. The number of benzene rings is 1. The third-order valence-electron chi connectivity index (χ3n) is 2.76. The first kappa shape index (κ1) is 11.9. The van der Waals surface area contributed by atoms with Crippen molar-refractivity contribution in [3.8, 4) is 5.75 Å². The Morgan fingerprint density at radius 3 is 2.75 bits per heavy atom. The maximum absolute atomic E-state index is 13.4. The highest BCUT2D eigenvalue weighted by molar-refractivity contribution is 9.10. The van der Waals surface area contributed by atoms with Gasteiger partial charge >= 0.3 is 0 Å². The molecule has 1 aromatic carbocycles. The Kier molecular flexibility index (Phi) is 4.18. The van der Waals surface area contributed by atoms with E-state index in [-0.39, 0.29) is 5.82 Å². The summed E-state index contributed by atoms with van der Waals surface area (Å²) in [5, 5.41) is 0. The number of halogens is 2. The van der Waals surface area contributed by atoms with E-state index in [4.69, 9.17) is 4.74 Å². The quantitative estimate of drug-likeness (QED) is 0.844. The maximum atomic E-state index is 13.4. The summed E-state index contributed by atoms with van der Waals surface area (Å²) >= 11 is 3.21. The first-order valence-corrected chi connectivity index (χ1v) is 6.35. The van der Waals surface area contributed by atoms with Crippen molar-refractivity contribution in [2.75, 3.05) is 26.2 Å². The molecule has 88 valence electrons. The van der Waals surface area contributed by atoms with Crippen LogP contribution in [0.3, 0.4) is 0 Å². The van der Waals surface area contributed by atoms with E-state index in [1.807, 2.05) is 0 Å². The molecule has 0 unspecified atom stereocenters. The van der Waals surface area contributed by atoms with Crippen LogP contribution in [0.15, 0.2) is 22.7 Å². The number of hydrogen-bond acceptors (Lipinski definition) is 2. The monoisotopic (exact) mass is 287 g/mol. The second-order valence-corrected chi connectivity index (χ2v) is 4.89. The Balaban J connectivity index is 1.80. The molecule has 0 saturated carbocycles. The Morgan fingerprint density at radius 2 is 2.06 bits per heavy atom. The van der Waals surface area contributed by atoms with Gasteiger partial charge in [-0.1, -0.05) is 15.9 Å². The Labute approximate surface area is 104 Å². The molecule has 0 N–H and O–H groups in total. The summed E-state index contributed by atoms with van der Waals surface area (Å²) in [6.45, 7) is 3.73. The van der Waals surface area contributed by atoms with Crippen molar-refractivity contribution in [2.24, 2.45) is 0 Å². The largest absolute Gasteiger partial charge is 0.489 e. The number of likely N-dealkylation sites (tertiary alicyclic amines) is 1. The molecule has 0 bridgehead atoms.